The van der Waals surface area contributed by atoms with Crippen LogP contribution in [0.1, 0.15) is 54.1 Å². The standard InChI is InChI=1S/C29H32N4O5S3/c1-9-38-28(37)22-17(5)23(27(36)32(7)8)41-25(22)30-20(34)13-39-29-31-24-21(16(4)18(6)40-24)26(35)33(29)19-11-10-14(2)12-15(19)3/h10-12H,9,13H2,1-8H3,(H,30,34). The number of thiophene rings is 2. The molecule has 216 valence electrons. The molecule has 0 bridgehead atoms. The molecule has 0 radical (unpaired) electrons. The van der Waals surface area contributed by atoms with E-state index >= 15 is 0 Å². The minimum Gasteiger partial charge on any atom is -0.462 e. The van der Waals surface area contributed by atoms with Crippen molar-refractivity contribution >= 4 is 67.4 Å². The van der Waals surface area contributed by atoms with Crippen LogP contribution < -0.4 is 10.9 Å². The van der Waals surface area contributed by atoms with Crippen LogP contribution in [0.2, 0.25) is 0 Å². The first kappa shape index (κ1) is 30.5. The molecule has 4 rings (SSSR count). The molecular formula is C29H32N4O5S3. The lowest BCUT2D eigenvalue weighted by Crippen LogP contribution is -2.23. The van der Waals surface area contributed by atoms with Crippen molar-refractivity contribution in [3.63, 3.8) is 0 Å². The smallest absolute Gasteiger partial charge is 0.341 e. The first-order valence-corrected chi connectivity index (χ1v) is 15.5. The Morgan fingerprint density at radius 2 is 1.78 bits per heavy atom. The van der Waals surface area contributed by atoms with Crippen LogP contribution in [0.25, 0.3) is 15.9 Å². The quantitative estimate of drug-likeness (QED) is 0.155. The van der Waals surface area contributed by atoms with Crippen LogP contribution in [-0.2, 0) is 9.53 Å². The summed E-state index contributed by atoms with van der Waals surface area (Å²) >= 11 is 3.62. The number of ether oxygens (including phenoxy) is 1. The summed E-state index contributed by atoms with van der Waals surface area (Å²) in [4.78, 5) is 60.7. The average molecular weight is 613 g/mol. The van der Waals surface area contributed by atoms with Crippen LogP contribution in [-0.4, -0.2) is 58.7 Å². The number of hydrogen-bond acceptors (Lipinski definition) is 9. The predicted octanol–water partition coefficient (Wildman–Crippen LogP) is 5.66. The first-order valence-electron chi connectivity index (χ1n) is 12.9. The Labute approximate surface area is 250 Å². The third kappa shape index (κ3) is 5.95. The van der Waals surface area contributed by atoms with Crippen molar-refractivity contribution in [3.05, 3.63) is 66.1 Å². The Bertz CT molecular complexity index is 1750. The number of anilines is 1. The Morgan fingerprint density at radius 3 is 2.41 bits per heavy atom. The number of nitrogens with one attached hydrogen (secondary N) is 1. The number of carbonyl (C=O) groups is 3. The molecule has 0 aliphatic carbocycles. The molecule has 0 saturated carbocycles. The van der Waals surface area contributed by atoms with E-state index in [1.54, 1.807) is 32.5 Å². The van der Waals surface area contributed by atoms with Crippen molar-refractivity contribution in [2.45, 2.75) is 46.7 Å². The van der Waals surface area contributed by atoms with Crippen molar-refractivity contribution in [1.82, 2.24) is 14.5 Å². The number of carbonyl (C=O) groups excluding carboxylic acids is 3. The second kappa shape index (κ2) is 12.2. The molecule has 0 unspecified atom stereocenters. The fourth-order valence-electron chi connectivity index (χ4n) is 4.39. The van der Waals surface area contributed by atoms with Gasteiger partial charge in [0.25, 0.3) is 11.5 Å². The van der Waals surface area contributed by atoms with Crippen LogP contribution in [0.3, 0.4) is 0 Å². The molecule has 0 aliphatic rings. The number of amides is 2. The number of benzene rings is 1. The number of aromatic nitrogens is 2. The minimum atomic E-state index is -0.610. The van der Waals surface area contributed by atoms with Gasteiger partial charge >= 0.3 is 5.97 Å². The van der Waals surface area contributed by atoms with E-state index in [2.05, 4.69) is 5.32 Å². The molecule has 2 amide bonds. The lowest BCUT2D eigenvalue weighted by Gasteiger charge is -2.15. The van der Waals surface area contributed by atoms with Crippen LogP contribution in [0.4, 0.5) is 5.00 Å². The summed E-state index contributed by atoms with van der Waals surface area (Å²) in [5.41, 5.74) is 4.02. The number of nitrogens with zero attached hydrogens (tertiary/aromatic N) is 3. The predicted molar refractivity (Wildman–Crippen MR) is 167 cm³/mol. The normalized spacial score (nSPS) is 11.1. The van der Waals surface area contributed by atoms with E-state index in [4.69, 9.17) is 9.72 Å². The summed E-state index contributed by atoms with van der Waals surface area (Å²) in [6, 6.07) is 5.83. The van der Waals surface area contributed by atoms with E-state index in [1.807, 2.05) is 45.9 Å². The monoisotopic (exact) mass is 612 g/mol. The lowest BCUT2D eigenvalue weighted by molar-refractivity contribution is -0.113. The fourth-order valence-corrected chi connectivity index (χ4v) is 7.50. The fraction of sp³-hybridized carbons (Fsp3) is 0.345. The highest BCUT2D eigenvalue weighted by Gasteiger charge is 2.28. The van der Waals surface area contributed by atoms with Crippen LogP contribution >= 0.6 is 34.4 Å². The minimum absolute atomic E-state index is 0.0810. The van der Waals surface area contributed by atoms with Gasteiger partial charge in [0.15, 0.2) is 5.16 Å². The second-order valence-corrected chi connectivity index (χ2v) is 13.0. The number of rotatable bonds is 8. The maximum absolute atomic E-state index is 13.8. The van der Waals surface area contributed by atoms with Crippen molar-refractivity contribution in [1.29, 1.82) is 0 Å². The largest absolute Gasteiger partial charge is 0.462 e. The molecule has 1 aromatic carbocycles. The summed E-state index contributed by atoms with van der Waals surface area (Å²) in [6.07, 6.45) is 0. The van der Waals surface area contributed by atoms with Crippen molar-refractivity contribution in [2.75, 3.05) is 31.8 Å². The van der Waals surface area contributed by atoms with Crippen molar-refractivity contribution in [3.8, 4) is 5.69 Å². The molecule has 4 aromatic rings. The van der Waals surface area contributed by atoms with Crippen LogP contribution in [0, 0.1) is 34.6 Å². The number of thioether (sulfide) groups is 1. The first-order chi connectivity index (χ1) is 19.3. The molecule has 0 atom stereocenters. The zero-order chi connectivity index (χ0) is 30.2. The van der Waals surface area contributed by atoms with Gasteiger partial charge in [-0.15, -0.1) is 22.7 Å². The molecule has 0 aliphatic heterocycles. The molecule has 9 nitrogen and oxygen atoms in total. The Kier molecular flexibility index (Phi) is 9.05. The van der Waals surface area contributed by atoms with Gasteiger partial charge in [0.1, 0.15) is 9.83 Å². The van der Waals surface area contributed by atoms with Gasteiger partial charge in [0.2, 0.25) is 5.91 Å². The van der Waals surface area contributed by atoms with Gasteiger partial charge in [-0.05, 0) is 64.3 Å². The molecule has 12 heteroatoms. The van der Waals surface area contributed by atoms with Gasteiger partial charge in [-0.1, -0.05) is 29.5 Å². The highest BCUT2D eigenvalue weighted by molar-refractivity contribution is 7.99. The van der Waals surface area contributed by atoms with E-state index in [0.717, 1.165) is 44.7 Å². The van der Waals surface area contributed by atoms with Crippen LogP contribution in [0.15, 0.2) is 28.2 Å². The molecular weight excluding hydrogens is 581 g/mol. The Morgan fingerprint density at radius 1 is 1.07 bits per heavy atom. The Hall–Kier alpha value is -3.48. The molecule has 0 fully saturated rings. The summed E-state index contributed by atoms with van der Waals surface area (Å²) in [5.74, 6) is -1.38. The summed E-state index contributed by atoms with van der Waals surface area (Å²) < 4.78 is 6.77. The molecule has 41 heavy (non-hydrogen) atoms. The highest BCUT2D eigenvalue weighted by Crippen LogP contribution is 2.35. The maximum Gasteiger partial charge on any atom is 0.341 e. The van der Waals surface area contributed by atoms with E-state index in [9.17, 15) is 19.2 Å². The summed E-state index contributed by atoms with van der Waals surface area (Å²) in [5, 5.41) is 4.01. The summed E-state index contributed by atoms with van der Waals surface area (Å²) in [6.45, 7) is 11.3. The van der Waals surface area contributed by atoms with Gasteiger partial charge in [-0.2, -0.15) is 0 Å². The lowest BCUT2D eigenvalue weighted by atomic mass is 10.1. The molecule has 0 saturated heterocycles. The van der Waals surface area contributed by atoms with E-state index in [1.165, 1.54) is 16.2 Å². The maximum atomic E-state index is 13.8. The van der Waals surface area contributed by atoms with E-state index < -0.39 is 11.9 Å². The van der Waals surface area contributed by atoms with Gasteiger partial charge in [0.05, 0.1) is 33.9 Å². The average Bonchev–Trinajstić information content (AvgIpc) is 3.37. The number of esters is 1. The van der Waals surface area contributed by atoms with Gasteiger partial charge < -0.3 is 15.0 Å². The Balaban J connectivity index is 1.71. The third-order valence-electron chi connectivity index (χ3n) is 6.58. The van der Waals surface area contributed by atoms with Crippen LogP contribution in [0.5, 0.6) is 0 Å². The van der Waals surface area contributed by atoms with Gasteiger partial charge in [0, 0.05) is 19.0 Å². The molecule has 0 spiro atoms. The number of hydrogen-bond donors (Lipinski definition) is 1. The van der Waals surface area contributed by atoms with Crippen molar-refractivity contribution in [2.24, 2.45) is 0 Å². The second-order valence-electron chi connectivity index (χ2n) is 9.81. The summed E-state index contributed by atoms with van der Waals surface area (Å²) in [7, 11) is 3.24. The molecule has 1 N–H and O–H groups in total. The van der Waals surface area contributed by atoms with Crippen molar-refractivity contribution < 1.29 is 19.1 Å². The zero-order valence-corrected chi connectivity index (χ0v) is 26.7. The topological polar surface area (TPSA) is 111 Å². The molecule has 3 aromatic heterocycles. The number of fused-ring (bicyclic) bond motifs is 1. The highest BCUT2D eigenvalue weighted by atomic mass is 32.2. The van der Waals surface area contributed by atoms with Gasteiger partial charge in [-0.3, -0.25) is 19.0 Å². The molecule has 3 heterocycles. The van der Waals surface area contributed by atoms with Gasteiger partial charge in [-0.25, -0.2) is 9.78 Å². The SMILES string of the molecule is CCOC(=O)c1c(NC(=O)CSc2nc3sc(C)c(C)c3c(=O)n2-c2ccc(C)cc2C)sc(C(=O)N(C)C)c1C. The van der Waals surface area contributed by atoms with E-state index in [0.29, 0.717) is 31.5 Å². The third-order valence-corrected chi connectivity index (χ3v) is 9.81. The van der Waals surface area contributed by atoms with E-state index in [-0.39, 0.29) is 34.4 Å². The number of aryl methyl sites for hydroxylation is 4. The zero-order valence-electron chi connectivity index (χ0n) is 24.3.